The highest BCUT2D eigenvalue weighted by atomic mass is 35.5. The van der Waals surface area contributed by atoms with E-state index in [4.69, 9.17) is 16.3 Å². The number of ether oxygens (including phenoxy) is 1. The van der Waals surface area contributed by atoms with Gasteiger partial charge in [0.15, 0.2) is 0 Å². The lowest BCUT2D eigenvalue weighted by Gasteiger charge is -2.29. The van der Waals surface area contributed by atoms with Gasteiger partial charge in [-0.25, -0.2) is 0 Å². The first-order chi connectivity index (χ1) is 13.8. The van der Waals surface area contributed by atoms with Crippen LogP contribution in [0.3, 0.4) is 0 Å². The second kappa shape index (κ2) is 10.9. The molecule has 1 N–H and O–H groups in total. The molecule has 0 radical (unpaired) electrons. The summed E-state index contributed by atoms with van der Waals surface area (Å²) >= 11 is 5.97. The molecule has 0 aliphatic rings. The first-order valence-electron chi connectivity index (χ1n) is 9.74. The number of carbonyl (C=O) groups excluding carboxylic acids is 2. The largest absolute Gasteiger partial charge is 0.497 e. The van der Waals surface area contributed by atoms with Gasteiger partial charge in [-0.05, 0) is 48.2 Å². The SMILES string of the molecule is COc1ccc(CC(=O)N(Cc2ccc(Cl)cc2)C(C)C(=O)NCC(C)C)cc1. The van der Waals surface area contributed by atoms with Crippen molar-refractivity contribution in [2.75, 3.05) is 13.7 Å². The van der Waals surface area contributed by atoms with Crippen LogP contribution < -0.4 is 10.1 Å². The quantitative estimate of drug-likeness (QED) is 0.670. The maximum atomic E-state index is 13.1. The van der Waals surface area contributed by atoms with Crippen molar-refractivity contribution in [2.45, 2.75) is 39.8 Å². The highest BCUT2D eigenvalue weighted by molar-refractivity contribution is 6.30. The predicted octanol–water partition coefficient (Wildman–Crippen LogP) is 4.08. The van der Waals surface area contributed by atoms with Gasteiger partial charge in [-0.1, -0.05) is 49.7 Å². The Hall–Kier alpha value is -2.53. The van der Waals surface area contributed by atoms with Crippen molar-refractivity contribution in [1.29, 1.82) is 0 Å². The van der Waals surface area contributed by atoms with E-state index in [1.807, 2.05) is 50.2 Å². The van der Waals surface area contributed by atoms with Crippen LogP contribution >= 0.6 is 11.6 Å². The Morgan fingerprint density at radius 2 is 1.59 bits per heavy atom. The van der Waals surface area contributed by atoms with Crippen molar-refractivity contribution >= 4 is 23.4 Å². The Morgan fingerprint density at radius 3 is 2.14 bits per heavy atom. The summed E-state index contributed by atoms with van der Waals surface area (Å²) in [5.41, 5.74) is 1.78. The van der Waals surface area contributed by atoms with Crippen LogP contribution in [-0.2, 0) is 22.6 Å². The third kappa shape index (κ3) is 7.09. The molecular formula is C23H29ClN2O3. The second-order valence-corrected chi connectivity index (χ2v) is 7.92. The topological polar surface area (TPSA) is 58.6 Å². The average Bonchev–Trinajstić information content (AvgIpc) is 2.71. The number of nitrogens with one attached hydrogen (secondary N) is 1. The molecule has 0 bridgehead atoms. The lowest BCUT2D eigenvalue weighted by atomic mass is 10.1. The number of methoxy groups -OCH3 is 1. The van der Waals surface area contributed by atoms with Crippen molar-refractivity contribution in [3.63, 3.8) is 0 Å². The fourth-order valence-electron chi connectivity index (χ4n) is 2.84. The van der Waals surface area contributed by atoms with Gasteiger partial charge in [0.05, 0.1) is 13.5 Å². The Balaban J connectivity index is 2.18. The molecule has 2 aromatic rings. The highest BCUT2D eigenvalue weighted by Crippen LogP contribution is 2.17. The van der Waals surface area contributed by atoms with Gasteiger partial charge >= 0.3 is 0 Å². The zero-order valence-electron chi connectivity index (χ0n) is 17.4. The van der Waals surface area contributed by atoms with Gasteiger partial charge in [0.1, 0.15) is 11.8 Å². The molecule has 5 nitrogen and oxygen atoms in total. The molecule has 0 saturated carbocycles. The van der Waals surface area contributed by atoms with Crippen LogP contribution in [0.4, 0.5) is 0 Å². The van der Waals surface area contributed by atoms with Gasteiger partial charge in [0, 0.05) is 18.1 Å². The summed E-state index contributed by atoms with van der Waals surface area (Å²) in [6.45, 7) is 6.74. The highest BCUT2D eigenvalue weighted by Gasteiger charge is 2.26. The van der Waals surface area contributed by atoms with Crippen molar-refractivity contribution in [2.24, 2.45) is 5.92 Å². The van der Waals surface area contributed by atoms with Gasteiger partial charge in [-0.2, -0.15) is 0 Å². The fourth-order valence-corrected chi connectivity index (χ4v) is 2.97. The summed E-state index contributed by atoms with van der Waals surface area (Å²) in [6, 6.07) is 14.1. The maximum absolute atomic E-state index is 13.1. The van der Waals surface area contributed by atoms with E-state index in [-0.39, 0.29) is 18.2 Å². The third-order valence-corrected chi connectivity index (χ3v) is 4.88. The minimum absolute atomic E-state index is 0.114. The number of hydrogen-bond donors (Lipinski definition) is 1. The standard InChI is InChI=1S/C23H29ClN2O3/c1-16(2)14-25-23(28)17(3)26(15-19-5-9-20(24)10-6-19)22(27)13-18-7-11-21(29-4)12-8-18/h5-12,16-17H,13-15H2,1-4H3,(H,25,28). The van der Waals surface area contributed by atoms with Crippen LogP contribution in [-0.4, -0.2) is 36.4 Å². The Morgan fingerprint density at radius 1 is 1.00 bits per heavy atom. The lowest BCUT2D eigenvalue weighted by Crippen LogP contribution is -2.48. The molecule has 2 amide bonds. The molecule has 0 fully saturated rings. The first-order valence-corrected chi connectivity index (χ1v) is 10.1. The van der Waals surface area contributed by atoms with Crippen LogP contribution in [0.25, 0.3) is 0 Å². The van der Waals surface area contributed by atoms with Crippen LogP contribution in [0.2, 0.25) is 5.02 Å². The number of rotatable bonds is 9. The second-order valence-electron chi connectivity index (χ2n) is 7.49. The van der Waals surface area contributed by atoms with Gasteiger partial charge in [0.25, 0.3) is 0 Å². The average molecular weight is 417 g/mol. The normalized spacial score (nSPS) is 11.8. The van der Waals surface area contributed by atoms with Crippen LogP contribution in [0, 0.1) is 5.92 Å². The van der Waals surface area contributed by atoms with Crippen molar-refractivity contribution < 1.29 is 14.3 Å². The van der Waals surface area contributed by atoms with E-state index in [1.54, 1.807) is 31.1 Å². The van der Waals surface area contributed by atoms with E-state index in [9.17, 15) is 9.59 Å². The van der Waals surface area contributed by atoms with Crippen LogP contribution in [0.1, 0.15) is 31.9 Å². The number of carbonyl (C=O) groups is 2. The molecule has 6 heteroatoms. The zero-order valence-corrected chi connectivity index (χ0v) is 18.2. The smallest absolute Gasteiger partial charge is 0.242 e. The molecule has 29 heavy (non-hydrogen) atoms. The Kier molecular flexibility index (Phi) is 8.52. The molecule has 156 valence electrons. The van der Waals surface area contributed by atoms with Crippen LogP contribution in [0.5, 0.6) is 5.75 Å². The Labute approximate surface area is 178 Å². The summed E-state index contributed by atoms with van der Waals surface area (Å²) < 4.78 is 5.17. The van der Waals surface area contributed by atoms with Crippen LogP contribution in [0.15, 0.2) is 48.5 Å². The molecule has 0 saturated heterocycles. The van der Waals surface area contributed by atoms with Gasteiger partial charge < -0.3 is 15.0 Å². The summed E-state index contributed by atoms with van der Waals surface area (Å²) in [5, 5.41) is 3.55. The molecule has 1 atom stereocenters. The molecule has 2 rings (SSSR count). The lowest BCUT2D eigenvalue weighted by molar-refractivity contribution is -0.140. The van der Waals surface area contributed by atoms with Gasteiger partial charge in [-0.15, -0.1) is 0 Å². The summed E-state index contributed by atoms with van der Waals surface area (Å²) in [5.74, 6) is 0.805. The van der Waals surface area contributed by atoms with E-state index in [0.29, 0.717) is 24.0 Å². The Bertz CT molecular complexity index is 804. The van der Waals surface area contributed by atoms with Crippen molar-refractivity contribution in [3.8, 4) is 5.75 Å². The number of amides is 2. The zero-order chi connectivity index (χ0) is 21.4. The number of halogens is 1. The van der Waals surface area contributed by atoms with E-state index >= 15 is 0 Å². The number of hydrogen-bond acceptors (Lipinski definition) is 3. The molecule has 0 aromatic heterocycles. The monoisotopic (exact) mass is 416 g/mol. The van der Waals surface area contributed by atoms with E-state index in [0.717, 1.165) is 16.9 Å². The minimum Gasteiger partial charge on any atom is -0.497 e. The molecule has 1 unspecified atom stereocenters. The molecule has 0 spiro atoms. The summed E-state index contributed by atoms with van der Waals surface area (Å²) in [7, 11) is 1.60. The van der Waals surface area contributed by atoms with E-state index < -0.39 is 6.04 Å². The van der Waals surface area contributed by atoms with Gasteiger partial charge in [0.2, 0.25) is 11.8 Å². The number of benzene rings is 2. The fraction of sp³-hybridized carbons (Fsp3) is 0.391. The van der Waals surface area contributed by atoms with E-state index in [1.165, 1.54) is 0 Å². The first kappa shape index (κ1) is 22.8. The van der Waals surface area contributed by atoms with E-state index in [2.05, 4.69) is 5.32 Å². The third-order valence-electron chi connectivity index (χ3n) is 4.63. The molecule has 2 aromatic carbocycles. The predicted molar refractivity (Wildman–Crippen MR) is 116 cm³/mol. The molecular weight excluding hydrogens is 388 g/mol. The van der Waals surface area contributed by atoms with Gasteiger partial charge in [-0.3, -0.25) is 9.59 Å². The minimum atomic E-state index is -0.588. The van der Waals surface area contributed by atoms with Crippen molar-refractivity contribution in [1.82, 2.24) is 10.2 Å². The van der Waals surface area contributed by atoms with Crippen molar-refractivity contribution in [3.05, 3.63) is 64.7 Å². The summed E-state index contributed by atoms with van der Waals surface area (Å²) in [6.07, 6.45) is 0.208. The summed E-state index contributed by atoms with van der Waals surface area (Å²) in [4.78, 5) is 27.4. The molecule has 0 heterocycles. The molecule has 0 aliphatic heterocycles. The molecule has 0 aliphatic carbocycles. The number of nitrogens with zero attached hydrogens (tertiary/aromatic N) is 1. The maximum Gasteiger partial charge on any atom is 0.242 e.